The number of nitrogens with zero attached hydrogens (tertiary/aromatic N) is 4. The number of amides is 2. The van der Waals surface area contributed by atoms with Crippen LogP contribution in [0.15, 0.2) is 66.1 Å². The van der Waals surface area contributed by atoms with E-state index >= 15 is 0 Å². The summed E-state index contributed by atoms with van der Waals surface area (Å²) >= 11 is 0. The highest BCUT2D eigenvalue weighted by atomic mass is 32.2. The Balaban J connectivity index is 1.65. The van der Waals surface area contributed by atoms with E-state index in [1.165, 1.54) is 23.9 Å². The molecule has 250 valence electrons. The summed E-state index contributed by atoms with van der Waals surface area (Å²) in [4.78, 5) is 32.8. The Bertz CT molecular complexity index is 1580. The molecule has 4 rings (SSSR count). The van der Waals surface area contributed by atoms with E-state index in [9.17, 15) is 23.1 Å². The highest BCUT2D eigenvalue weighted by molar-refractivity contribution is 7.89. The molecular weight excluding hydrogens is 610 g/mol. The van der Waals surface area contributed by atoms with Gasteiger partial charge in [0.15, 0.2) is 5.03 Å². The van der Waals surface area contributed by atoms with Crippen LogP contribution in [0.4, 0.5) is 5.69 Å². The number of carbonyl (C=O) groups excluding carboxylic acids is 2. The van der Waals surface area contributed by atoms with Gasteiger partial charge in [0.2, 0.25) is 0 Å². The lowest BCUT2D eigenvalue weighted by Crippen LogP contribution is -2.48. The van der Waals surface area contributed by atoms with E-state index in [1.54, 1.807) is 65.9 Å². The van der Waals surface area contributed by atoms with Crippen molar-refractivity contribution >= 4 is 27.5 Å². The third-order valence-electron chi connectivity index (χ3n) is 8.14. The second-order valence-electron chi connectivity index (χ2n) is 12.0. The molecule has 3 aromatic rings. The maximum absolute atomic E-state index is 14.3. The molecule has 46 heavy (non-hydrogen) atoms. The van der Waals surface area contributed by atoms with E-state index in [-0.39, 0.29) is 48.2 Å². The fourth-order valence-electron chi connectivity index (χ4n) is 5.29. The number of aromatic nitrogens is 2. The molecule has 0 unspecified atom stereocenters. The Labute approximate surface area is 271 Å². The number of anilines is 1. The van der Waals surface area contributed by atoms with Gasteiger partial charge in [-0.1, -0.05) is 25.1 Å². The van der Waals surface area contributed by atoms with E-state index < -0.39 is 28.1 Å². The van der Waals surface area contributed by atoms with Crippen molar-refractivity contribution in [3.8, 4) is 5.75 Å². The smallest absolute Gasteiger partial charge is 0.261 e. The van der Waals surface area contributed by atoms with Gasteiger partial charge < -0.3 is 29.4 Å². The molecule has 4 atom stereocenters. The second kappa shape index (κ2) is 15.7. The quantitative estimate of drug-likeness (QED) is 0.373. The number of sulfonamides is 1. The van der Waals surface area contributed by atoms with Gasteiger partial charge in [-0.3, -0.25) is 9.59 Å². The highest BCUT2D eigenvalue weighted by Gasteiger charge is 2.33. The minimum absolute atomic E-state index is 0.0430. The molecule has 0 aliphatic carbocycles. The number of ether oxygens (including phenoxy) is 2. The first-order valence-corrected chi connectivity index (χ1v) is 17.0. The Morgan fingerprint density at radius 3 is 2.59 bits per heavy atom. The van der Waals surface area contributed by atoms with Gasteiger partial charge in [-0.15, -0.1) is 0 Å². The summed E-state index contributed by atoms with van der Waals surface area (Å²) in [6.07, 6.45) is 4.35. The number of aliphatic hydroxyl groups is 1. The summed E-state index contributed by atoms with van der Waals surface area (Å²) in [6, 6.07) is 13.2. The number of aryl methyl sites for hydroxylation is 1. The zero-order chi connectivity index (χ0) is 33.4. The molecule has 2 aromatic carbocycles. The standard InChI is InChI=1S/C33H45N5O7S/c1-23-18-38(24(2)21-39)33(41)28-17-27(35-32(40)26-12-7-6-8-13-26)14-15-29(28)45-25(3)11-9-10-16-44-30(23)19-37(5)46(42,43)31-20-36(4)22-34-31/h6-8,12-15,17,20,22-25,30,39H,9-11,16,18-19,21H2,1-5H3,(H,35,40)/t23-,24-,25+,30-/m1/s1. The maximum atomic E-state index is 14.3. The predicted molar refractivity (Wildman–Crippen MR) is 174 cm³/mol. The van der Waals surface area contributed by atoms with Crippen LogP contribution < -0.4 is 10.1 Å². The molecule has 0 radical (unpaired) electrons. The molecule has 12 nitrogen and oxygen atoms in total. The number of carbonyl (C=O) groups is 2. The van der Waals surface area contributed by atoms with Crippen LogP contribution in [0.2, 0.25) is 0 Å². The Morgan fingerprint density at radius 1 is 1.17 bits per heavy atom. The summed E-state index contributed by atoms with van der Waals surface area (Å²) in [5.74, 6) is -0.658. The van der Waals surface area contributed by atoms with Crippen LogP contribution in [0, 0.1) is 5.92 Å². The summed E-state index contributed by atoms with van der Waals surface area (Å²) in [5.41, 5.74) is 1.14. The van der Waals surface area contributed by atoms with Crippen LogP contribution in [-0.4, -0.2) is 95.7 Å². The van der Waals surface area contributed by atoms with E-state index in [0.29, 0.717) is 30.0 Å². The predicted octanol–water partition coefficient (Wildman–Crippen LogP) is 3.79. The van der Waals surface area contributed by atoms with Crippen molar-refractivity contribution in [3.05, 3.63) is 72.2 Å². The number of benzene rings is 2. The third-order valence-corrected chi connectivity index (χ3v) is 9.85. The number of fused-ring (bicyclic) bond motifs is 1. The van der Waals surface area contributed by atoms with Crippen molar-refractivity contribution in [2.45, 2.75) is 63.3 Å². The van der Waals surface area contributed by atoms with Crippen molar-refractivity contribution in [3.63, 3.8) is 0 Å². The van der Waals surface area contributed by atoms with Crippen LogP contribution in [-0.2, 0) is 21.8 Å². The largest absolute Gasteiger partial charge is 0.490 e. The van der Waals surface area contributed by atoms with E-state index in [1.807, 2.05) is 19.9 Å². The highest BCUT2D eigenvalue weighted by Crippen LogP contribution is 2.29. The van der Waals surface area contributed by atoms with Crippen LogP contribution >= 0.6 is 0 Å². The average molecular weight is 656 g/mol. The van der Waals surface area contributed by atoms with Crippen LogP contribution in [0.5, 0.6) is 5.75 Å². The van der Waals surface area contributed by atoms with E-state index in [4.69, 9.17) is 9.47 Å². The van der Waals surface area contributed by atoms with Gasteiger partial charge in [0, 0.05) is 57.2 Å². The second-order valence-corrected chi connectivity index (χ2v) is 14.0. The summed E-state index contributed by atoms with van der Waals surface area (Å²) in [5, 5.41) is 13.0. The minimum atomic E-state index is -3.88. The molecule has 2 amide bonds. The zero-order valence-electron chi connectivity index (χ0n) is 27.1. The van der Waals surface area contributed by atoms with Gasteiger partial charge >= 0.3 is 0 Å². The molecule has 13 heteroatoms. The normalized spacial score (nSPS) is 20.8. The Morgan fingerprint density at radius 2 is 1.91 bits per heavy atom. The maximum Gasteiger partial charge on any atom is 0.261 e. The molecule has 0 fully saturated rings. The topological polar surface area (TPSA) is 143 Å². The fraction of sp³-hybridized carbons (Fsp3) is 0.485. The lowest BCUT2D eigenvalue weighted by Gasteiger charge is -2.35. The van der Waals surface area contributed by atoms with Crippen molar-refractivity contribution < 1.29 is 32.6 Å². The Hall–Kier alpha value is -3.78. The van der Waals surface area contributed by atoms with Gasteiger partial charge in [-0.2, -0.15) is 4.31 Å². The summed E-state index contributed by atoms with van der Waals surface area (Å²) in [7, 11) is -0.687. The first kappa shape index (κ1) is 35.1. The number of rotatable bonds is 8. The molecule has 2 N–H and O–H groups in total. The first-order chi connectivity index (χ1) is 21.9. The van der Waals surface area contributed by atoms with Gasteiger partial charge in [0.1, 0.15) is 5.75 Å². The first-order valence-electron chi connectivity index (χ1n) is 15.6. The van der Waals surface area contributed by atoms with E-state index in [0.717, 1.165) is 12.8 Å². The van der Waals surface area contributed by atoms with Gasteiger partial charge in [0.25, 0.3) is 21.8 Å². The summed E-state index contributed by atoms with van der Waals surface area (Å²) in [6.45, 7) is 5.89. The molecule has 0 saturated heterocycles. The minimum Gasteiger partial charge on any atom is -0.490 e. The van der Waals surface area contributed by atoms with Crippen LogP contribution in [0.25, 0.3) is 0 Å². The molecule has 2 heterocycles. The number of hydrogen-bond acceptors (Lipinski definition) is 8. The molecule has 1 aliphatic rings. The van der Waals surface area contributed by atoms with Gasteiger partial charge in [0.05, 0.1) is 36.7 Å². The van der Waals surface area contributed by atoms with Gasteiger partial charge in [-0.25, -0.2) is 13.4 Å². The lowest BCUT2D eigenvalue weighted by molar-refractivity contribution is -0.00835. The van der Waals surface area contributed by atoms with Crippen molar-refractivity contribution in [1.29, 1.82) is 0 Å². The average Bonchev–Trinajstić information content (AvgIpc) is 3.49. The number of nitrogens with one attached hydrogen (secondary N) is 1. The number of aliphatic hydroxyl groups excluding tert-OH is 1. The van der Waals surface area contributed by atoms with Crippen LogP contribution in [0.3, 0.4) is 0 Å². The fourth-order valence-corrected chi connectivity index (χ4v) is 6.43. The van der Waals surface area contributed by atoms with Crippen molar-refractivity contribution in [2.24, 2.45) is 13.0 Å². The van der Waals surface area contributed by atoms with Gasteiger partial charge in [-0.05, 0) is 63.4 Å². The SMILES string of the molecule is C[C@@H]1CN([C@H](C)CO)C(=O)c2cc(NC(=O)c3ccccc3)ccc2O[C@@H](C)CCCCO[C@@H]1CN(C)S(=O)(=O)c1cn(C)cn1. The number of likely N-dealkylation sites (N-methyl/N-ethyl adjacent to an activating group) is 1. The zero-order valence-corrected chi connectivity index (χ0v) is 27.9. The lowest BCUT2D eigenvalue weighted by atomic mass is 10.0. The van der Waals surface area contributed by atoms with E-state index in [2.05, 4.69) is 10.3 Å². The van der Waals surface area contributed by atoms with Crippen molar-refractivity contribution in [2.75, 3.05) is 38.7 Å². The monoisotopic (exact) mass is 655 g/mol. The molecule has 0 spiro atoms. The van der Waals surface area contributed by atoms with Crippen molar-refractivity contribution in [1.82, 2.24) is 18.8 Å². The number of hydrogen-bond donors (Lipinski definition) is 2. The molecule has 1 aromatic heterocycles. The molecular formula is C33H45N5O7S. The third kappa shape index (κ3) is 8.72. The van der Waals surface area contributed by atoms with Crippen LogP contribution in [0.1, 0.15) is 60.7 Å². The molecule has 0 saturated carbocycles. The molecule has 1 aliphatic heterocycles. The molecule has 0 bridgehead atoms. The number of imidazole rings is 1. The Kier molecular flexibility index (Phi) is 12.0. The summed E-state index contributed by atoms with van der Waals surface area (Å²) < 4.78 is 41.9.